The molecule has 1 heterocycles. The molecule has 1 aromatic rings. The summed E-state index contributed by atoms with van der Waals surface area (Å²) in [4.78, 5) is 13.2. The monoisotopic (exact) mass is 269 g/mol. The fourth-order valence-electron chi connectivity index (χ4n) is 1.57. The topological polar surface area (TPSA) is 29.5 Å². The van der Waals surface area contributed by atoms with Gasteiger partial charge in [0, 0.05) is 10.2 Å². The molecule has 1 fully saturated rings. The molecule has 1 aromatic carbocycles. The number of carbonyl (C=O) groups excluding carboxylic acids is 1. The Kier molecular flexibility index (Phi) is 2.95. The van der Waals surface area contributed by atoms with Crippen LogP contribution in [-0.4, -0.2) is 18.7 Å². The second-order valence-electron chi connectivity index (χ2n) is 3.50. The van der Waals surface area contributed by atoms with E-state index >= 15 is 0 Å². The van der Waals surface area contributed by atoms with Gasteiger partial charge < -0.3 is 4.74 Å². The van der Waals surface area contributed by atoms with Crippen LogP contribution in [0.15, 0.2) is 28.7 Å². The first kappa shape index (κ1) is 10.5. The van der Waals surface area contributed by atoms with Crippen LogP contribution in [0.2, 0.25) is 0 Å². The Morgan fingerprint density at radius 2 is 2.13 bits per heavy atom. The summed E-state index contributed by atoms with van der Waals surface area (Å²) in [5.74, 6) is 0. The van der Waals surface area contributed by atoms with Gasteiger partial charge in [0.2, 0.25) is 0 Å². The number of carbonyl (C=O) groups is 1. The Morgan fingerprint density at radius 3 is 2.67 bits per heavy atom. The summed E-state index contributed by atoms with van der Waals surface area (Å²) in [5.41, 5.74) is 0.888. The highest BCUT2D eigenvalue weighted by Crippen LogP contribution is 2.24. The van der Waals surface area contributed by atoms with Crippen molar-refractivity contribution < 1.29 is 9.53 Å². The highest BCUT2D eigenvalue weighted by molar-refractivity contribution is 9.10. The van der Waals surface area contributed by atoms with Gasteiger partial charge in [-0.1, -0.05) is 22.9 Å². The first-order chi connectivity index (χ1) is 7.20. The summed E-state index contributed by atoms with van der Waals surface area (Å²) in [5, 5.41) is 0. The number of nitrogens with zero attached hydrogens (tertiary/aromatic N) is 1. The first-order valence-electron chi connectivity index (χ1n) is 4.94. The first-order valence-corrected chi connectivity index (χ1v) is 5.73. The summed E-state index contributed by atoms with van der Waals surface area (Å²) in [6.07, 6.45) is 0.643. The molecule has 0 aliphatic carbocycles. The van der Waals surface area contributed by atoms with Crippen molar-refractivity contribution in [3.05, 3.63) is 28.7 Å². The number of hydrogen-bond acceptors (Lipinski definition) is 2. The maximum absolute atomic E-state index is 11.5. The maximum atomic E-state index is 11.5. The third-order valence-corrected chi connectivity index (χ3v) is 3.00. The number of benzene rings is 1. The van der Waals surface area contributed by atoms with E-state index in [9.17, 15) is 4.79 Å². The molecule has 4 heteroatoms. The standard InChI is InChI=1S/C11H12BrNO2/c1-2-10-7-13(11(14)15-10)9-5-3-8(12)4-6-9/h3-6,10H,2,7H2,1H3. The Balaban J connectivity index is 2.18. The van der Waals surface area contributed by atoms with E-state index in [4.69, 9.17) is 4.74 Å². The number of hydrogen-bond donors (Lipinski definition) is 0. The van der Waals surface area contributed by atoms with E-state index in [-0.39, 0.29) is 12.2 Å². The number of rotatable bonds is 2. The SMILES string of the molecule is CCC1CN(c2ccc(Br)cc2)C(=O)O1. The number of ether oxygens (including phenoxy) is 1. The minimum absolute atomic E-state index is 0.0288. The molecule has 0 saturated carbocycles. The van der Waals surface area contributed by atoms with Gasteiger partial charge in [0.05, 0.1) is 6.54 Å². The average Bonchev–Trinajstić information content (AvgIpc) is 2.61. The van der Waals surface area contributed by atoms with E-state index in [1.807, 2.05) is 31.2 Å². The van der Waals surface area contributed by atoms with E-state index in [1.165, 1.54) is 0 Å². The highest BCUT2D eigenvalue weighted by Gasteiger charge is 2.30. The number of halogens is 1. The van der Waals surface area contributed by atoms with Crippen molar-refractivity contribution in [2.24, 2.45) is 0 Å². The number of anilines is 1. The lowest BCUT2D eigenvalue weighted by molar-refractivity contribution is 0.139. The zero-order valence-electron chi connectivity index (χ0n) is 8.44. The fraction of sp³-hybridized carbons (Fsp3) is 0.364. The van der Waals surface area contributed by atoms with Gasteiger partial charge in [-0.25, -0.2) is 4.79 Å². The molecule has 1 amide bonds. The predicted octanol–water partition coefficient (Wildman–Crippen LogP) is 3.18. The Labute approximate surface area is 97.2 Å². The van der Waals surface area contributed by atoms with E-state index < -0.39 is 0 Å². The molecular weight excluding hydrogens is 258 g/mol. The Morgan fingerprint density at radius 1 is 1.47 bits per heavy atom. The minimum Gasteiger partial charge on any atom is -0.444 e. The molecule has 1 saturated heterocycles. The van der Waals surface area contributed by atoms with E-state index in [0.29, 0.717) is 6.54 Å². The molecule has 80 valence electrons. The second kappa shape index (κ2) is 4.23. The summed E-state index contributed by atoms with van der Waals surface area (Å²) in [7, 11) is 0. The van der Waals surface area contributed by atoms with Gasteiger partial charge in [-0.3, -0.25) is 4.90 Å². The summed E-state index contributed by atoms with van der Waals surface area (Å²) in [6, 6.07) is 7.65. The van der Waals surface area contributed by atoms with Gasteiger partial charge in [0.15, 0.2) is 0 Å². The van der Waals surface area contributed by atoms with Crippen LogP contribution in [0.25, 0.3) is 0 Å². The van der Waals surface area contributed by atoms with Crippen molar-refractivity contribution in [2.45, 2.75) is 19.4 Å². The van der Waals surface area contributed by atoms with Gasteiger partial charge in [-0.2, -0.15) is 0 Å². The molecule has 15 heavy (non-hydrogen) atoms. The largest absolute Gasteiger partial charge is 0.444 e. The minimum atomic E-state index is -0.246. The van der Waals surface area contributed by atoms with Gasteiger partial charge in [0.1, 0.15) is 6.10 Å². The lowest BCUT2D eigenvalue weighted by Crippen LogP contribution is -2.24. The van der Waals surface area contributed by atoms with E-state index in [1.54, 1.807) is 4.90 Å². The molecule has 0 spiro atoms. The molecule has 1 aliphatic heterocycles. The van der Waals surface area contributed by atoms with Crippen molar-refractivity contribution in [2.75, 3.05) is 11.4 Å². The molecule has 2 rings (SSSR count). The Bertz CT molecular complexity index is 363. The molecular formula is C11H12BrNO2. The quantitative estimate of drug-likeness (QED) is 0.826. The van der Waals surface area contributed by atoms with Crippen molar-refractivity contribution >= 4 is 27.7 Å². The molecule has 0 bridgehead atoms. The molecule has 3 nitrogen and oxygen atoms in total. The van der Waals surface area contributed by atoms with Crippen molar-refractivity contribution in [3.8, 4) is 0 Å². The zero-order valence-corrected chi connectivity index (χ0v) is 10.0. The third-order valence-electron chi connectivity index (χ3n) is 2.47. The summed E-state index contributed by atoms with van der Waals surface area (Å²) >= 11 is 3.36. The second-order valence-corrected chi connectivity index (χ2v) is 4.42. The predicted molar refractivity (Wildman–Crippen MR) is 62.0 cm³/mol. The average molecular weight is 270 g/mol. The van der Waals surface area contributed by atoms with Crippen LogP contribution >= 0.6 is 15.9 Å². The van der Waals surface area contributed by atoms with Gasteiger partial charge >= 0.3 is 6.09 Å². The van der Waals surface area contributed by atoms with Crippen LogP contribution < -0.4 is 4.90 Å². The molecule has 0 aromatic heterocycles. The molecule has 0 radical (unpaired) electrons. The Hall–Kier alpha value is -1.03. The van der Waals surface area contributed by atoms with Crippen molar-refractivity contribution in [1.29, 1.82) is 0 Å². The third kappa shape index (κ3) is 2.15. The number of cyclic esters (lactones) is 1. The summed E-state index contributed by atoms with van der Waals surface area (Å²) in [6.45, 7) is 2.67. The maximum Gasteiger partial charge on any atom is 0.414 e. The molecule has 1 atom stereocenters. The zero-order chi connectivity index (χ0) is 10.8. The number of amides is 1. The van der Waals surface area contributed by atoms with Gasteiger partial charge in [-0.15, -0.1) is 0 Å². The molecule has 0 N–H and O–H groups in total. The van der Waals surface area contributed by atoms with Crippen LogP contribution in [0.3, 0.4) is 0 Å². The van der Waals surface area contributed by atoms with Gasteiger partial charge in [-0.05, 0) is 30.7 Å². The smallest absolute Gasteiger partial charge is 0.414 e. The van der Waals surface area contributed by atoms with Gasteiger partial charge in [0.25, 0.3) is 0 Å². The van der Waals surface area contributed by atoms with Crippen LogP contribution in [0.1, 0.15) is 13.3 Å². The summed E-state index contributed by atoms with van der Waals surface area (Å²) < 4.78 is 6.19. The molecule has 1 aliphatic rings. The normalized spacial score (nSPS) is 20.5. The lowest BCUT2D eigenvalue weighted by Gasteiger charge is -2.12. The van der Waals surface area contributed by atoms with Crippen LogP contribution in [0, 0.1) is 0 Å². The highest BCUT2D eigenvalue weighted by atomic mass is 79.9. The van der Waals surface area contributed by atoms with E-state index in [0.717, 1.165) is 16.6 Å². The lowest BCUT2D eigenvalue weighted by atomic mass is 10.2. The molecule has 1 unspecified atom stereocenters. The van der Waals surface area contributed by atoms with Crippen LogP contribution in [0.4, 0.5) is 10.5 Å². The van der Waals surface area contributed by atoms with Crippen LogP contribution in [0.5, 0.6) is 0 Å². The van der Waals surface area contributed by atoms with E-state index in [2.05, 4.69) is 15.9 Å². The van der Waals surface area contributed by atoms with Crippen molar-refractivity contribution in [1.82, 2.24) is 0 Å². The van der Waals surface area contributed by atoms with Crippen LogP contribution in [-0.2, 0) is 4.74 Å². The fourth-order valence-corrected chi connectivity index (χ4v) is 1.83. The van der Waals surface area contributed by atoms with Crippen molar-refractivity contribution in [3.63, 3.8) is 0 Å².